The number of carbonyl (C=O) groups is 1. The molecule has 0 unspecified atom stereocenters. The Morgan fingerprint density at radius 2 is 2.06 bits per heavy atom. The molecule has 0 atom stereocenters. The molecule has 0 saturated heterocycles. The van der Waals surface area contributed by atoms with Crippen LogP contribution in [-0.4, -0.2) is 24.7 Å². The van der Waals surface area contributed by atoms with E-state index in [0.717, 1.165) is 5.69 Å². The van der Waals surface area contributed by atoms with Crippen molar-refractivity contribution >= 4 is 11.7 Å². The molecule has 3 nitrogen and oxygen atoms in total. The quantitative estimate of drug-likeness (QED) is 0.812. The summed E-state index contributed by atoms with van der Waals surface area (Å²) in [5.74, 6) is -0.827. The maximum absolute atomic E-state index is 10.9. The van der Waals surface area contributed by atoms with Gasteiger partial charge in [0.2, 0.25) is 0 Å². The summed E-state index contributed by atoms with van der Waals surface area (Å²) in [7, 11) is 1.98. The fraction of sp³-hybridized carbons (Fsp3) is 0.400. The van der Waals surface area contributed by atoms with E-state index in [2.05, 4.69) is 36.9 Å². The molecule has 1 N–H and O–H groups in total. The lowest BCUT2D eigenvalue weighted by Crippen LogP contribution is -2.19. The second kappa shape index (κ2) is 6.24. The number of rotatable bonds is 5. The molecule has 3 heteroatoms. The zero-order valence-corrected chi connectivity index (χ0v) is 11.5. The Labute approximate surface area is 109 Å². The average molecular weight is 247 g/mol. The molecule has 98 valence electrons. The summed E-state index contributed by atoms with van der Waals surface area (Å²) in [6.07, 6.45) is 2.33. The van der Waals surface area contributed by atoms with Crippen LogP contribution >= 0.6 is 0 Å². The van der Waals surface area contributed by atoms with Gasteiger partial charge in [0.1, 0.15) is 0 Å². The van der Waals surface area contributed by atoms with Gasteiger partial charge in [-0.1, -0.05) is 30.7 Å². The summed E-state index contributed by atoms with van der Waals surface area (Å²) in [4.78, 5) is 13.0. The molecule has 0 amide bonds. The molecule has 1 rings (SSSR count). The molecule has 1 aromatic carbocycles. The molecule has 0 radical (unpaired) electrons. The predicted molar refractivity (Wildman–Crippen MR) is 75.2 cm³/mol. The number of anilines is 1. The van der Waals surface area contributed by atoms with Gasteiger partial charge in [-0.2, -0.15) is 0 Å². The van der Waals surface area contributed by atoms with Gasteiger partial charge in [-0.25, -0.2) is 4.79 Å². The van der Waals surface area contributed by atoms with Gasteiger partial charge in [-0.05, 0) is 31.9 Å². The van der Waals surface area contributed by atoms with E-state index in [-0.39, 0.29) is 0 Å². The lowest BCUT2D eigenvalue weighted by atomic mass is 10.1. The van der Waals surface area contributed by atoms with Crippen molar-refractivity contribution in [2.24, 2.45) is 0 Å². The SMILES string of the molecule is CCC(=CCN(C)c1ccc(C)cc1C)C(=O)O. The Morgan fingerprint density at radius 3 is 2.56 bits per heavy atom. The normalized spacial score (nSPS) is 11.4. The smallest absolute Gasteiger partial charge is 0.331 e. The molecule has 0 saturated carbocycles. The summed E-state index contributed by atoms with van der Waals surface area (Å²) in [6, 6.07) is 6.28. The topological polar surface area (TPSA) is 40.5 Å². The molecule has 0 bridgehead atoms. The van der Waals surface area contributed by atoms with Crippen LogP contribution in [0.15, 0.2) is 29.8 Å². The van der Waals surface area contributed by atoms with Crippen LogP contribution < -0.4 is 4.90 Å². The van der Waals surface area contributed by atoms with Gasteiger partial charge in [-0.3, -0.25) is 0 Å². The maximum atomic E-state index is 10.9. The van der Waals surface area contributed by atoms with Gasteiger partial charge in [0.05, 0.1) is 0 Å². The molecule has 0 aromatic heterocycles. The van der Waals surface area contributed by atoms with Crippen LogP contribution in [0.2, 0.25) is 0 Å². The number of likely N-dealkylation sites (N-methyl/N-ethyl adjacent to an activating group) is 1. The number of benzene rings is 1. The van der Waals surface area contributed by atoms with Crippen LogP contribution in [0.5, 0.6) is 0 Å². The standard InChI is InChI=1S/C15H21NO2/c1-5-13(15(17)18)8-9-16(4)14-7-6-11(2)10-12(14)3/h6-8,10H,5,9H2,1-4H3,(H,17,18). The third-order valence-corrected chi connectivity index (χ3v) is 3.03. The molecule has 0 spiro atoms. The van der Waals surface area contributed by atoms with Crippen molar-refractivity contribution in [3.8, 4) is 0 Å². The van der Waals surface area contributed by atoms with Crippen molar-refractivity contribution in [2.45, 2.75) is 27.2 Å². The number of aliphatic carboxylic acids is 1. The molecule has 0 heterocycles. The van der Waals surface area contributed by atoms with Crippen molar-refractivity contribution in [3.05, 3.63) is 41.0 Å². The van der Waals surface area contributed by atoms with E-state index in [4.69, 9.17) is 5.11 Å². The van der Waals surface area contributed by atoms with Crippen LogP contribution in [-0.2, 0) is 4.79 Å². The van der Waals surface area contributed by atoms with Gasteiger partial charge in [0.25, 0.3) is 0 Å². The predicted octanol–water partition coefficient (Wildman–Crippen LogP) is 3.16. The van der Waals surface area contributed by atoms with E-state index in [9.17, 15) is 4.79 Å². The molecule has 18 heavy (non-hydrogen) atoms. The van der Waals surface area contributed by atoms with Crippen molar-refractivity contribution in [1.29, 1.82) is 0 Å². The highest BCUT2D eigenvalue weighted by Gasteiger charge is 2.06. The first-order valence-corrected chi connectivity index (χ1v) is 6.16. The summed E-state index contributed by atoms with van der Waals surface area (Å²) < 4.78 is 0. The second-order valence-electron chi connectivity index (χ2n) is 4.56. The molecule has 0 aliphatic carbocycles. The summed E-state index contributed by atoms with van der Waals surface area (Å²) in [5.41, 5.74) is 4.04. The van der Waals surface area contributed by atoms with Gasteiger partial charge < -0.3 is 10.0 Å². The lowest BCUT2D eigenvalue weighted by molar-refractivity contribution is -0.132. The Morgan fingerprint density at radius 1 is 1.39 bits per heavy atom. The fourth-order valence-corrected chi connectivity index (χ4v) is 1.96. The van der Waals surface area contributed by atoms with E-state index in [1.54, 1.807) is 6.08 Å². The maximum Gasteiger partial charge on any atom is 0.331 e. The largest absolute Gasteiger partial charge is 0.478 e. The number of aryl methyl sites for hydroxylation is 2. The van der Waals surface area contributed by atoms with Crippen molar-refractivity contribution in [1.82, 2.24) is 0 Å². The van der Waals surface area contributed by atoms with E-state index in [1.807, 2.05) is 14.0 Å². The van der Waals surface area contributed by atoms with Crippen LogP contribution in [0.25, 0.3) is 0 Å². The Kier molecular flexibility index (Phi) is 4.95. The zero-order valence-electron chi connectivity index (χ0n) is 11.5. The summed E-state index contributed by atoms with van der Waals surface area (Å²) >= 11 is 0. The minimum absolute atomic E-state index is 0.464. The highest BCUT2D eigenvalue weighted by atomic mass is 16.4. The molecule has 0 aliphatic rings. The molecule has 0 aliphatic heterocycles. The van der Waals surface area contributed by atoms with Gasteiger partial charge in [-0.15, -0.1) is 0 Å². The number of carboxylic acids is 1. The number of hydrogen-bond acceptors (Lipinski definition) is 2. The van der Waals surface area contributed by atoms with Crippen molar-refractivity contribution in [2.75, 3.05) is 18.5 Å². The van der Waals surface area contributed by atoms with E-state index in [0.29, 0.717) is 18.5 Å². The number of hydrogen-bond donors (Lipinski definition) is 1. The highest BCUT2D eigenvalue weighted by Crippen LogP contribution is 2.20. The van der Waals surface area contributed by atoms with E-state index >= 15 is 0 Å². The molecular weight excluding hydrogens is 226 g/mol. The van der Waals surface area contributed by atoms with Crippen molar-refractivity contribution < 1.29 is 9.90 Å². The lowest BCUT2D eigenvalue weighted by Gasteiger charge is -2.20. The Balaban J connectivity index is 2.82. The van der Waals surface area contributed by atoms with Gasteiger partial charge in [0, 0.05) is 24.9 Å². The van der Waals surface area contributed by atoms with Crippen molar-refractivity contribution in [3.63, 3.8) is 0 Å². The zero-order chi connectivity index (χ0) is 13.7. The average Bonchev–Trinajstić information content (AvgIpc) is 2.28. The fourth-order valence-electron chi connectivity index (χ4n) is 1.96. The first-order chi connectivity index (χ1) is 8.45. The Hall–Kier alpha value is -1.77. The van der Waals surface area contributed by atoms with Crippen LogP contribution in [0.3, 0.4) is 0 Å². The highest BCUT2D eigenvalue weighted by molar-refractivity contribution is 5.86. The van der Waals surface area contributed by atoms with E-state index < -0.39 is 5.97 Å². The molecule has 0 fully saturated rings. The first kappa shape index (κ1) is 14.3. The minimum Gasteiger partial charge on any atom is -0.478 e. The van der Waals surface area contributed by atoms with E-state index in [1.165, 1.54) is 11.1 Å². The number of nitrogens with zero attached hydrogens (tertiary/aromatic N) is 1. The second-order valence-corrected chi connectivity index (χ2v) is 4.56. The van der Waals surface area contributed by atoms with Crippen LogP contribution in [0, 0.1) is 13.8 Å². The number of carboxylic acid groups (broad SMARTS) is 1. The third-order valence-electron chi connectivity index (χ3n) is 3.03. The van der Waals surface area contributed by atoms with Crippen LogP contribution in [0.1, 0.15) is 24.5 Å². The third kappa shape index (κ3) is 3.62. The minimum atomic E-state index is -0.827. The monoisotopic (exact) mass is 247 g/mol. The van der Waals surface area contributed by atoms with Crippen LogP contribution in [0.4, 0.5) is 5.69 Å². The first-order valence-electron chi connectivity index (χ1n) is 6.16. The summed E-state index contributed by atoms with van der Waals surface area (Å²) in [5, 5.41) is 8.96. The summed E-state index contributed by atoms with van der Waals surface area (Å²) in [6.45, 7) is 6.60. The van der Waals surface area contributed by atoms with Gasteiger partial charge >= 0.3 is 5.97 Å². The molecular formula is C15H21NO2. The molecule has 1 aromatic rings. The van der Waals surface area contributed by atoms with Gasteiger partial charge in [0.15, 0.2) is 0 Å². The Bertz CT molecular complexity index is 464.